The summed E-state index contributed by atoms with van der Waals surface area (Å²) in [5.74, 6) is -0.760. The van der Waals surface area contributed by atoms with Crippen molar-refractivity contribution in [3.8, 4) is 0 Å². The summed E-state index contributed by atoms with van der Waals surface area (Å²) in [6.07, 6.45) is 3.04. The summed E-state index contributed by atoms with van der Waals surface area (Å²) in [5, 5.41) is 11.3. The number of benzene rings is 2. The molecule has 2 fully saturated rings. The molecule has 2 aromatic carbocycles. The minimum atomic E-state index is -2.42. The van der Waals surface area contributed by atoms with Gasteiger partial charge in [0.1, 0.15) is 10.7 Å². The predicted octanol–water partition coefficient (Wildman–Crippen LogP) is 3.33. The Kier molecular flexibility index (Phi) is 5.08. The molecule has 1 N–H and O–H groups in total. The maximum absolute atomic E-state index is 14.3. The minimum absolute atomic E-state index is 0.0755. The fourth-order valence-corrected chi connectivity index (χ4v) is 7.03. The highest BCUT2D eigenvalue weighted by Gasteiger charge is 2.34. The number of carbonyl (C=O) groups is 1. The van der Waals surface area contributed by atoms with Crippen molar-refractivity contribution in [3.05, 3.63) is 59.4 Å². The SMILES string of the molecule is O=C(O)c1cnc(N2CCN(S(=O)(=C3CC3)c3ccc4ccccc4c3)CC2)nc1Cl. The van der Waals surface area contributed by atoms with E-state index in [1.807, 2.05) is 29.2 Å². The van der Waals surface area contributed by atoms with Crippen molar-refractivity contribution in [3.63, 3.8) is 0 Å². The largest absolute Gasteiger partial charge is 0.478 e. The Labute approximate surface area is 185 Å². The van der Waals surface area contributed by atoms with Crippen molar-refractivity contribution in [1.82, 2.24) is 14.3 Å². The summed E-state index contributed by atoms with van der Waals surface area (Å²) in [6, 6.07) is 14.2. The number of hydrogen-bond donors (Lipinski definition) is 1. The molecular formula is C22H21ClN4O3S. The Hall–Kier alpha value is -2.68. The highest BCUT2D eigenvalue weighted by Crippen LogP contribution is 2.31. The van der Waals surface area contributed by atoms with E-state index < -0.39 is 15.7 Å². The number of nitrogens with zero attached hydrogens (tertiary/aromatic N) is 4. The van der Waals surface area contributed by atoms with Crippen molar-refractivity contribution in [2.24, 2.45) is 0 Å². The zero-order valence-corrected chi connectivity index (χ0v) is 18.3. The lowest BCUT2D eigenvalue weighted by Crippen LogP contribution is -2.49. The van der Waals surface area contributed by atoms with Crippen LogP contribution >= 0.6 is 11.6 Å². The number of halogens is 1. The molecule has 1 unspecified atom stereocenters. The Bertz CT molecular complexity index is 1310. The Morgan fingerprint density at radius 3 is 2.39 bits per heavy atom. The van der Waals surface area contributed by atoms with Crippen LogP contribution in [0.15, 0.2) is 53.6 Å². The van der Waals surface area contributed by atoms with E-state index >= 15 is 0 Å². The Morgan fingerprint density at radius 1 is 1.03 bits per heavy atom. The molecule has 1 aliphatic carbocycles. The second kappa shape index (κ2) is 7.78. The smallest absolute Gasteiger partial charge is 0.340 e. The number of carboxylic acid groups (broad SMARTS) is 1. The van der Waals surface area contributed by atoms with Gasteiger partial charge in [-0.3, -0.25) is 0 Å². The molecule has 5 rings (SSSR count). The first-order chi connectivity index (χ1) is 15.0. The first-order valence-corrected chi connectivity index (χ1v) is 12.0. The van der Waals surface area contributed by atoms with Crippen molar-refractivity contribution in [2.45, 2.75) is 17.7 Å². The third kappa shape index (κ3) is 3.64. The molecule has 1 aromatic heterocycles. The molecule has 0 spiro atoms. The molecule has 160 valence electrons. The second-order valence-corrected chi connectivity index (χ2v) is 10.6. The number of aromatic carboxylic acids is 1. The summed E-state index contributed by atoms with van der Waals surface area (Å²) in [5.41, 5.74) is -0.117. The van der Waals surface area contributed by atoms with E-state index in [0.717, 1.165) is 33.4 Å². The lowest BCUT2D eigenvalue weighted by molar-refractivity contribution is 0.0696. The number of piperazine rings is 1. The van der Waals surface area contributed by atoms with Crippen LogP contribution in [-0.2, 0) is 9.71 Å². The van der Waals surface area contributed by atoms with E-state index in [0.29, 0.717) is 32.1 Å². The van der Waals surface area contributed by atoms with Crippen molar-refractivity contribution < 1.29 is 14.1 Å². The van der Waals surface area contributed by atoms with Crippen LogP contribution in [0, 0.1) is 0 Å². The number of hydrogen-bond acceptors (Lipinski definition) is 5. The molecule has 31 heavy (non-hydrogen) atoms. The van der Waals surface area contributed by atoms with Gasteiger partial charge in [0.05, 0.1) is 9.71 Å². The quantitative estimate of drug-likeness (QED) is 0.478. The third-order valence-electron chi connectivity index (χ3n) is 5.73. The first-order valence-electron chi connectivity index (χ1n) is 10.1. The normalized spacial score (nSPS) is 18.7. The van der Waals surface area contributed by atoms with Crippen LogP contribution in [-0.4, -0.2) is 60.6 Å². The highest BCUT2D eigenvalue weighted by atomic mass is 35.5. The molecule has 0 amide bonds. The number of anilines is 1. The van der Waals surface area contributed by atoms with E-state index in [4.69, 9.17) is 16.7 Å². The van der Waals surface area contributed by atoms with E-state index in [1.54, 1.807) is 0 Å². The molecule has 0 bridgehead atoms. The monoisotopic (exact) mass is 456 g/mol. The molecule has 1 saturated carbocycles. The average molecular weight is 457 g/mol. The lowest BCUT2D eigenvalue weighted by atomic mass is 10.1. The van der Waals surface area contributed by atoms with Crippen molar-refractivity contribution in [1.29, 1.82) is 0 Å². The molecule has 7 nitrogen and oxygen atoms in total. The van der Waals surface area contributed by atoms with Crippen LogP contribution in [0.2, 0.25) is 5.15 Å². The minimum Gasteiger partial charge on any atom is -0.478 e. The van der Waals surface area contributed by atoms with Gasteiger partial charge in [-0.15, -0.1) is 0 Å². The molecule has 2 heterocycles. The van der Waals surface area contributed by atoms with Crippen LogP contribution in [0.3, 0.4) is 0 Å². The van der Waals surface area contributed by atoms with E-state index in [-0.39, 0.29) is 10.7 Å². The summed E-state index contributed by atoms with van der Waals surface area (Å²) >= 11 is 6.00. The van der Waals surface area contributed by atoms with Gasteiger partial charge in [0, 0.05) is 42.1 Å². The average Bonchev–Trinajstić information content (AvgIpc) is 3.64. The molecule has 1 saturated heterocycles. The van der Waals surface area contributed by atoms with Gasteiger partial charge in [-0.05, 0) is 35.7 Å². The zero-order valence-electron chi connectivity index (χ0n) is 16.7. The van der Waals surface area contributed by atoms with Gasteiger partial charge in [-0.25, -0.2) is 23.3 Å². The fraction of sp³-hybridized carbons (Fsp3) is 0.273. The van der Waals surface area contributed by atoms with E-state index in [9.17, 15) is 9.00 Å². The van der Waals surface area contributed by atoms with Gasteiger partial charge in [0.2, 0.25) is 5.95 Å². The highest BCUT2D eigenvalue weighted by molar-refractivity contribution is 8.00. The molecule has 3 aromatic rings. The van der Waals surface area contributed by atoms with Crippen LogP contribution in [0.1, 0.15) is 23.2 Å². The molecule has 0 radical (unpaired) electrons. The first kappa shape index (κ1) is 20.2. The van der Waals surface area contributed by atoms with Gasteiger partial charge in [-0.2, -0.15) is 0 Å². The standard InChI is InChI=1S/C22H21ClN4O3S/c23-20-19(21(28)29)14-24-22(25-20)26-9-11-27(12-10-26)31(30,17-7-8-17)18-6-5-15-3-1-2-4-16(15)13-18/h1-6,13-14H,7-12H2,(H,28,29). The lowest BCUT2D eigenvalue weighted by Gasteiger charge is -2.37. The van der Waals surface area contributed by atoms with Crippen LogP contribution in [0.25, 0.3) is 10.8 Å². The maximum Gasteiger partial charge on any atom is 0.340 e. The Balaban J connectivity index is 1.41. The van der Waals surface area contributed by atoms with Gasteiger partial charge in [0.15, 0.2) is 0 Å². The van der Waals surface area contributed by atoms with Gasteiger partial charge in [0.25, 0.3) is 0 Å². The molecule has 1 atom stereocenters. The van der Waals surface area contributed by atoms with Crippen molar-refractivity contribution >= 4 is 48.9 Å². The summed E-state index contributed by atoms with van der Waals surface area (Å²) < 4.78 is 16.4. The summed E-state index contributed by atoms with van der Waals surface area (Å²) in [4.78, 5) is 23.4. The van der Waals surface area contributed by atoms with Gasteiger partial charge < -0.3 is 10.0 Å². The van der Waals surface area contributed by atoms with Crippen LogP contribution in [0.5, 0.6) is 0 Å². The topological polar surface area (TPSA) is 86.6 Å². The number of aromatic nitrogens is 2. The van der Waals surface area contributed by atoms with E-state index in [2.05, 4.69) is 32.5 Å². The third-order valence-corrected chi connectivity index (χ3v) is 9.20. The fourth-order valence-electron chi connectivity index (χ4n) is 3.96. The van der Waals surface area contributed by atoms with Gasteiger partial charge >= 0.3 is 5.97 Å². The predicted molar refractivity (Wildman–Crippen MR) is 122 cm³/mol. The molecular weight excluding hydrogens is 436 g/mol. The zero-order chi connectivity index (χ0) is 21.6. The summed E-state index contributed by atoms with van der Waals surface area (Å²) in [7, 11) is -2.42. The number of rotatable bonds is 4. The van der Waals surface area contributed by atoms with Crippen LogP contribution < -0.4 is 4.90 Å². The van der Waals surface area contributed by atoms with Crippen molar-refractivity contribution in [2.75, 3.05) is 31.1 Å². The molecule has 9 heteroatoms. The molecule has 2 aliphatic rings. The summed E-state index contributed by atoms with van der Waals surface area (Å²) in [6.45, 7) is 2.36. The second-order valence-electron chi connectivity index (χ2n) is 7.67. The van der Waals surface area contributed by atoms with E-state index in [1.165, 1.54) is 6.20 Å². The van der Waals surface area contributed by atoms with Crippen LogP contribution in [0.4, 0.5) is 5.95 Å². The molecule has 1 aliphatic heterocycles. The Morgan fingerprint density at radius 2 is 1.74 bits per heavy atom. The maximum atomic E-state index is 14.3. The number of carboxylic acids is 1. The number of fused-ring (bicyclic) bond motifs is 1. The van der Waals surface area contributed by atoms with Gasteiger partial charge in [-0.1, -0.05) is 41.9 Å².